The van der Waals surface area contributed by atoms with E-state index in [1.807, 2.05) is 61.5 Å². The average molecular weight is 423 g/mol. The van der Waals surface area contributed by atoms with E-state index in [1.54, 1.807) is 36.2 Å². The highest BCUT2D eigenvalue weighted by molar-refractivity contribution is 7.92. The van der Waals surface area contributed by atoms with E-state index in [4.69, 9.17) is 0 Å². The molecule has 3 rings (SSSR count). The summed E-state index contributed by atoms with van der Waals surface area (Å²) in [6, 6.07) is 24.2. The van der Waals surface area contributed by atoms with E-state index in [-0.39, 0.29) is 12.5 Å². The molecular weight excluding hydrogens is 396 g/mol. The summed E-state index contributed by atoms with van der Waals surface area (Å²) in [5.74, 6) is -0.116. The van der Waals surface area contributed by atoms with Gasteiger partial charge in [0, 0.05) is 19.2 Å². The monoisotopic (exact) mass is 422 g/mol. The van der Waals surface area contributed by atoms with E-state index in [0.29, 0.717) is 17.8 Å². The van der Waals surface area contributed by atoms with Gasteiger partial charge in [0.15, 0.2) is 0 Å². The molecule has 0 aromatic heterocycles. The van der Waals surface area contributed by atoms with Crippen LogP contribution in [0.1, 0.15) is 27.0 Å². The predicted molar refractivity (Wildman–Crippen MR) is 121 cm³/mol. The van der Waals surface area contributed by atoms with E-state index >= 15 is 0 Å². The molecule has 1 amide bonds. The molecule has 0 unspecified atom stereocenters. The fourth-order valence-corrected chi connectivity index (χ4v) is 4.07. The fourth-order valence-electron chi connectivity index (χ4n) is 3.18. The van der Waals surface area contributed by atoms with Gasteiger partial charge in [0.2, 0.25) is 10.0 Å². The number of hydrogen-bond acceptors (Lipinski definition) is 3. The SMILES string of the molecule is Cc1ccc(CN(c2ccc(C(=O)N(C)Cc3ccccc3)cc2)S(C)(=O)=O)cc1. The van der Waals surface area contributed by atoms with Crippen molar-refractivity contribution < 1.29 is 13.2 Å². The minimum absolute atomic E-state index is 0.116. The molecule has 0 fully saturated rings. The first kappa shape index (κ1) is 21.6. The average Bonchev–Trinajstić information content (AvgIpc) is 2.73. The minimum atomic E-state index is -3.48. The van der Waals surface area contributed by atoms with Gasteiger partial charge in [0.1, 0.15) is 0 Å². The predicted octanol–water partition coefficient (Wildman–Crippen LogP) is 4.23. The number of anilines is 1. The van der Waals surface area contributed by atoms with E-state index < -0.39 is 10.0 Å². The lowest BCUT2D eigenvalue weighted by molar-refractivity contribution is 0.0785. The van der Waals surface area contributed by atoms with E-state index in [0.717, 1.165) is 16.7 Å². The van der Waals surface area contributed by atoms with Crippen LogP contribution in [-0.4, -0.2) is 32.5 Å². The van der Waals surface area contributed by atoms with Crippen molar-refractivity contribution in [2.75, 3.05) is 17.6 Å². The van der Waals surface area contributed by atoms with Gasteiger partial charge in [-0.05, 0) is 42.3 Å². The summed E-state index contributed by atoms with van der Waals surface area (Å²) in [7, 11) is -1.73. The third-order valence-corrected chi connectivity index (χ3v) is 6.00. The molecule has 0 bridgehead atoms. The van der Waals surface area contributed by atoms with Crippen molar-refractivity contribution in [3.8, 4) is 0 Å². The summed E-state index contributed by atoms with van der Waals surface area (Å²) in [6.45, 7) is 2.73. The number of amides is 1. The zero-order valence-electron chi connectivity index (χ0n) is 17.4. The molecule has 0 N–H and O–H groups in total. The van der Waals surface area contributed by atoms with Crippen molar-refractivity contribution in [2.45, 2.75) is 20.0 Å². The zero-order chi connectivity index (χ0) is 21.7. The molecule has 5 nitrogen and oxygen atoms in total. The van der Waals surface area contributed by atoms with Crippen molar-refractivity contribution in [3.63, 3.8) is 0 Å². The fraction of sp³-hybridized carbons (Fsp3) is 0.208. The summed E-state index contributed by atoms with van der Waals surface area (Å²) in [5, 5.41) is 0. The standard InChI is InChI=1S/C24H26N2O3S/c1-19-9-11-21(12-10-19)18-26(30(3,28)29)23-15-13-22(14-16-23)24(27)25(2)17-20-7-5-4-6-8-20/h4-16H,17-18H2,1-3H3. The Balaban J connectivity index is 1.77. The van der Waals surface area contributed by atoms with Gasteiger partial charge in [0.05, 0.1) is 18.5 Å². The number of carbonyl (C=O) groups is 1. The van der Waals surface area contributed by atoms with Crippen LogP contribution in [0.5, 0.6) is 0 Å². The molecule has 0 aliphatic rings. The molecule has 0 aliphatic heterocycles. The topological polar surface area (TPSA) is 57.7 Å². The van der Waals surface area contributed by atoms with Crippen LogP contribution < -0.4 is 4.31 Å². The first-order chi connectivity index (χ1) is 14.2. The van der Waals surface area contributed by atoms with Crippen molar-refractivity contribution in [2.24, 2.45) is 0 Å². The molecule has 3 aromatic carbocycles. The van der Waals surface area contributed by atoms with Gasteiger partial charge in [-0.3, -0.25) is 9.10 Å². The molecule has 0 aliphatic carbocycles. The largest absolute Gasteiger partial charge is 0.337 e. The maximum absolute atomic E-state index is 12.7. The normalized spacial score (nSPS) is 11.2. The lowest BCUT2D eigenvalue weighted by Crippen LogP contribution is -2.29. The maximum atomic E-state index is 12.7. The Labute approximate surface area is 178 Å². The Morgan fingerprint density at radius 2 is 1.37 bits per heavy atom. The van der Waals surface area contributed by atoms with Crippen molar-refractivity contribution in [1.29, 1.82) is 0 Å². The third kappa shape index (κ3) is 5.48. The summed E-state index contributed by atoms with van der Waals surface area (Å²) in [6.07, 6.45) is 1.19. The molecule has 0 atom stereocenters. The lowest BCUT2D eigenvalue weighted by atomic mass is 10.1. The molecule has 30 heavy (non-hydrogen) atoms. The van der Waals surface area contributed by atoms with E-state index in [2.05, 4.69) is 0 Å². The summed E-state index contributed by atoms with van der Waals surface area (Å²) < 4.78 is 26.1. The minimum Gasteiger partial charge on any atom is -0.337 e. The second-order valence-corrected chi connectivity index (χ2v) is 9.36. The molecule has 6 heteroatoms. The first-order valence-electron chi connectivity index (χ1n) is 9.67. The number of carbonyl (C=O) groups excluding carboxylic acids is 1. The Kier molecular flexibility index (Phi) is 6.57. The van der Waals surface area contributed by atoms with Crippen LogP contribution in [0, 0.1) is 6.92 Å². The highest BCUT2D eigenvalue weighted by atomic mass is 32.2. The second-order valence-electron chi connectivity index (χ2n) is 7.45. The highest BCUT2D eigenvalue weighted by Crippen LogP contribution is 2.22. The molecular formula is C24H26N2O3S. The van der Waals surface area contributed by atoms with Gasteiger partial charge in [-0.15, -0.1) is 0 Å². The summed E-state index contributed by atoms with van der Waals surface area (Å²) >= 11 is 0. The number of hydrogen-bond donors (Lipinski definition) is 0. The number of nitrogens with zero attached hydrogens (tertiary/aromatic N) is 2. The summed E-state index contributed by atoms with van der Waals surface area (Å²) in [5.41, 5.74) is 4.11. The molecule has 3 aromatic rings. The van der Waals surface area contributed by atoms with E-state index in [9.17, 15) is 13.2 Å². The van der Waals surface area contributed by atoms with Crippen LogP contribution in [0.2, 0.25) is 0 Å². The smallest absolute Gasteiger partial charge is 0.253 e. The molecule has 156 valence electrons. The first-order valence-corrected chi connectivity index (χ1v) is 11.5. The Morgan fingerprint density at radius 1 is 0.800 bits per heavy atom. The molecule has 0 heterocycles. The van der Waals surface area contributed by atoms with Gasteiger partial charge in [0.25, 0.3) is 5.91 Å². The Bertz CT molecular complexity index is 1090. The molecule has 0 saturated heterocycles. The third-order valence-electron chi connectivity index (χ3n) is 4.86. The van der Waals surface area contributed by atoms with Crippen LogP contribution in [-0.2, 0) is 23.1 Å². The van der Waals surface area contributed by atoms with Crippen LogP contribution >= 0.6 is 0 Å². The number of benzene rings is 3. The maximum Gasteiger partial charge on any atom is 0.253 e. The van der Waals surface area contributed by atoms with Gasteiger partial charge in [-0.2, -0.15) is 0 Å². The van der Waals surface area contributed by atoms with Crippen LogP contribution in [0.4, 0.5) is 5.69 Å². The van der Waals surface area contributed by atoms with Crippen LogP contribution in [0.15, 0.2) is 78.9 Å². The molecule has 0 spiro atoms. The molecule has 0 saturated carbocycles. The molecule has 0 radical (unpaired) electrons. The Morgan fingerprint density at radius 3 is 1.93 bits per heavy atom. The highest BCUT2D eigenvalue weighted by Gasteiger charge is 2.19. The zero-order valence-corrected chi connectivity index (χ0v) is 18.3. The number of sulfonamides is 1. The number of aryl methyl sites for hydroxylation is 1. The van der Waals surface area contributed by atoms with Crippen LogP contribution in [0.3, 0.4) is 0 Å². The van der Waals surface area contributed by atoms with Crippen molar-refractivity contribution in [1.82, 2.24) is 4.90 Å². The van der Waals surface area contributed by atoms with Crippen molar-refractivity contribution >= 4 is 21.6 Å². The lowest BCUT2D eigenvalue weighted by Gasteiger charge is -2.23. The van der Waals surface area contributed by atoms with Gasteiger partial charge >= 0.3 is 0 Å². The van der Waals surface area contributed by atoms with Gasteiger partial charge in [-0.25, -0.2) is 8.42 Å². The van der Waals surface area contributed by atoms with Gasteiger partial charge in [-0.1, -0.05) is 60.2 Å². The Hall–Kier alpha value is -3.12. The quantitative estimate of drug-likeness (QED) is 0.572. The van der Waals surface area contributed by atoms with E-state index in [1.165, 1.54) is 10.6 Å². The van der Waals surface area contributed by atoms with Crippen LogP contribution in [0.25, 0.3) is 0 Å². The number of rotatable bonds is 7. The van der Waals surface area contributed by atoms with Crippen molar-refractivity contribution in [3.05, 3.63) is 101 Å². The van der Waals surface area contributed by atoms with Gasteiger partial charge < -0.3 is 4.90 Å². The summed E-state index contributed by atoms with van der Waals surface area (Å²) in [4.78, 5) is 14.4. The second kappa shape index (κ2) is 9.13.